The van der Waals surface area contributed by atoms with Crippen LogP contribution in [0.25, 0.3) is 11.4 Å². The predicted octanol–water partition coefficient (Wildman–Crippen LogP) is 2.13. The number of nitrogens with one attached hydrogen (secondary N) is 1. The number of rotatable bonds is 7. The van der Waals surface area contributed by atoms with Crippen molar-refractivity contribution in [1.29, 1.82) is 0 Å². The Morgan fingerprint density at radius 1 is 1.23 bits per heavy atom. The van der Waals surface area contributed by atoms with E-state index in [1.54, 1.807) is 24.7 Å². The lowest BCUT2D eigenvalue weighted by atomic mass is 10.1. The molecule has 0 aromatic carbocycles. The Morgan fingerprint density at radius 2 is 1.97 bits per heavy atom. The predicted molar refractivity (Wildman–Crippen MR) is 116 cm³/mol. The van der Waals surface area contributed by atoms with Crippen molar-refractivity contribution < 1.29 is 19.4 Å². The first kappa shape index (κ1) is 22.5. The molecule has 1 saturated heterocycles. The van der Waals surface area contributed by atoms with Gasteiger partial charge in [-0.2, -0.15) is 0 Å². The molecule has 1 amide bonds. The van der Waals surface area contributed by atoms with E-state index >= 15 is 0 Å². The molecular weight excluding hydrogens is 402 g/mol. The highest BCUT2D eigenvalue weighted by Gasteiger charge is 2.36. The summed E-state index contributed by atoms with van der Waals surface area (Å²) in [6.45, 7) is 8.70. The molecule has 1 fully saturated rings. The molecule has 2 aromatic rings. The average Bonchev–Trinajstić information content (AvgIpc) is 3.14. The number of carbonyl (C=O) groups is 1. The number of pyridine rings is 1. The fraction of sp³-hybridized carbons (Fsp3) is 0.524. The van der Waals surface area contributed by atoms with Crippen molar-refractivity contribution in [2.45, 2.75) is 46.4 Å². The van der Waals surface area contributed by atoms with E-state index in [1.807, 2.05) is 26.8 Å². The highest BCUT2D eigenvalue weighted by molar-refractivity contribution is 5.66. The molecule has 2 aromatic heterocycles. The van der Waals surface area contributed by atoms with E-state index in [9.17, 15) is 14.7 Å². The van der Waals surface area contributed by atoms with Gasteiger partial charge in [0.25, 0.3) is 5.56 Å². The molecule has 1 aliphatic heterocycles. The highest BCUT2D eigenvalue weighted by atomic mass is 16.5. The van der Waals surface area contributed by atoms with Crippen LogP contribution in [0.1, 0.15) is 25.2 Å². The smallest absolute Gasteiger partial charge is 0.407 e. The Labute approximate surface area is 180 Å². The number of hydrogen-bond acceptors (Lipinski definition) is 7. The zero-order chi connectivity index (χ0) is 22.7. The van der Waals surface area contributed by atoms with Crippen LogP contribution in [-0.4, -0.2) is 69.6 Å². The van der Waals surface area contributed by atoms with Gasteiger partial charge in [-0.05, 0) is 33.8 Å². The molecular formula is C21H29N5O5. The Kier molecular flexibility index (Phi) is 6.79. The Morgan fingerprint density at radius 3 is 2.55 bits per heavy atom. The third kappa shape index (κ3) is 4.48. The molecule has 0 bridgehead atoms. The largest absolute Gasteiger partial charge is 0.481 e. The lowest BCUT2D eigenvalue weighted by molar-refractivity contribution is 0.0629. The lowest BCUT2D eigenvalue weighted by Crippen LogP contribution is -2.38. The van der Waals surface area contributed by atoms with Crippen LogP contribution < -0.4 is 15.6 Å². The van der Waals surface area contributed by atoms with E-state index in [0.717, 1.165) is 5.56 Å². The maximum Gasteiger partial charge on any atom is 0.407 e. The highest BCUT2D eigenvalue weighted by Crippen LogP contribution is 2.25. The SMILES string of the molecule is CCO[C@H]1CN(C(=O)O)C[C@H]1Nc1c(C)nc(-c2ccc(OC)nc2C)n(CC)c1=O. The molecule has 0 radical (unpaired) electrons. The van der Waals surface area contributed by atoms with Gasteiger partial charge in [0.1, 0.15) is 11.5 Å². The number of aryl methyl sites for hydroxylation is 2. The summed E-state index contributed by atoms with van der Waals surface area (Å²) in [5.74, 6) is 1.02. The monoisotopic (exact) mass is 431 g/mol. The first-order valence-electron chi connectivity index (χ1n) is 10.3. The van der Waals surface area contributed by atoms with Crippen molar-refractivity contribution in [2.75, 3.05) is 32.1 Å². The number of methoxy groups -OCH3 is 1. The summed E-state index contributed by atoms with van der Waals surface area (Å²) in [5.41, 5.74) is 2.12. The molecule has 2 atom stereocenters. The van der Waals surface area contributed by atoms with Crippen LogP contribution in [0.15, 0.2) is 16.9 Å². The van der Waals surface area contributed by atoms with Crippen LogP contribution in [0.5, 0.6) is 5.88 Å². The van der Waals surface area contributed by atoms with Gasteiger partial charge in [-0.1, -0.05) is 0 Å². The van der Waals surface area contributed by atoms with E-state index in [-0.39, 0.29) is 30.8 Å². The van der Waals surface area contributed by atoms with Crippen LogP contribution in [0.3, 0.4) is 0 Å². The maximum absolute atomic E-state index is 13.4. The molecule has 0 unspecified atom stereocenters. The topological polar surface area (TPSA) is 119 Å². The second-order valence-electron chi connectivity index (χ2n) is 7.36. The number of hydrogen-bond donors (Lipinski definition) is 2. The van der Waals surface area contributed by atoms with Gasteiger partial charge in [-0.25, -0.2) is 14.8 Å². The number of nitrogens with zero attached hydrogens (tertiary/aromatic N) is 4. The molecule has 31 heavy (non-hydrogen) atoms. The van der Waals surface area contributed by atoms with Crippen molar-refractivity contribution >= 4 is 11.8 Å². The van der Waals surface area contributed by atoms with Gasteiger partial charge in [-0.3, -0.25) is 9.36 Å². The van der Waals surface area contributed by atoms with Crippen LogP contribution in [0, 0.1) is 13.8 Å². The van der Waals surface area contributed by atoms with E-state index in [4.69, 9.17) is 14.5 Å². The number of aromatic nitrogens is 3. The van der Waals surface area contributed by atoms with Gasteiger partial charge in [-0.15, -0.1) is 0 Å². The van der Waals surface area contributed by atoms with Crippen molar-refractivity contribution in [3.8, 4) is 17.3 Å². The molecule has 168 valence electrons. The first-order chi connectivity index (χ1) is 14.8. The minimum Gasteiger partial charge on any atom is -0.481 e. The summed E-state index contributed by atoms with van der Waals surface area (Å²) in [7, 11) is 1.55. The third-order valence-electron chi connectivity index (χ3n) is 5.42. The number of carboxylic acid groups (broad SMARTS) is 1. The normalized spacial score (nSPS) is 18.3. The number of amides is 1. The second kappa shape index (κ2) is 9.34. The van der Waals surface area contributed by atoms with E-state index < -0.39 is 6.09 Å². The van der Waals surface area contributed by atoms with Crippen LogP contribution >= 0.6 is 0 Å². The van der Waals surface area contributed by atoms with Crippen LogP contribution in [-0.2, 0) is 11.3 Å². The Bertz CT molecular complexity index is 1020. The van der Waals surface area contributed by atoms with Crippen LogP contribution in [0.2, 0.25) is 0 Å². The second-order valence-corrected chi connectivity index (χ2v) is 7.36. The minimum atomic E-state index is -1.01. The fourth-order valence-corrected chi connectivity index (χ4v) is 3.85. The summed E-state index contributed by atoms with van der Waals surface area (Å²) in [4.78, 5) is 35.2. The Hall–Kier alpha value is -3.14. The maximum atomic E-state index is 13.4. The number of anilines is 1. The molecule has 0 aliphatic carbocycles. The van der Waals surface area contributed by atoms with E-state index in [1.165, 1.54) is 4.90 Å². The minimum absolute atomic E-state index is 0.218. The standard InChI is InChI=1S/C21H29N5O5/c1-6-26-19(14-8-9-17(30-5)22-12(14)3)23-13(4)18(20(26)27)24-15-10-25(21(28)29)11-16(15)31-7-2/h8-9,15-16,24H,6-7,10-11H2,1-5H3,(H,28,29)/t15-,16+/m1/s1. The van der Waals surface area contributed by atoms with Crippen molar-refractivity contribution in [2.24, 2.45) is 0 Å². The van der Waals surface area contributed by atoms with Gasteiger partial charge < -0.3 is 24.8 Å². The summed E-state index contributed by atoms with van der Waals surface area (Å²) < 4.78 is 12.5. The van der Waals surface area contributed by atoms with Crippen LogP contribution in [0.4, 0.5) is 10.5 Å². The zero-order valence-electron chi connectivity index (χ0n) is 18.5. The first-order valence-corrected chi connectivity index (χ1v) is 10.3. The zero-order valence-corrected chi connectivity index (χ0v) is 18.5. The fourth-order valence-electron chi connectivity index (χ4n) is 3.85. The molecule has 2 N–H and O–H groups in total. The number of likely N-dealkylation sites (tertiary alicyclic amines) is 1. The average molecular weight is 431 g/mol. The molecule has 10 heteroatoms. The Balaban J connectivity index is 2.00. The summed E-state index contributed by atoms with van der Waals surface area (Å²) in [6, 6.07) is 3.24. The number of ether oxygens (including phenoxy) is 2. The summed E-state index contributed by atoms with van der Waals surface area (Å²) in [6.07, 6.45) is -1.35. The molecule has 10 nitrogen and oxygen atoms in total. The molecule has 3 rings (SSSR count). The van der Waals surface area contributed by atoms with Crippen molar-refractivity contribution in [1.82, 2.24) is 19.4 Å². The van der Waals surface area contributed by atoms with Crippen molar-refractivity contribution in [3.05, 3.63) is 33.9 Å². The van der Waals surface area contributed by atoms with Gasteiger partial charge in [0, 0.05) is 31.3 Å². The van der Waals surface area contributed by atoms with Gasteiger partial charge in [0.2, 0.25) is 5.88 Å². The van der Waals surface area contributed by atoms with E-state index in [2.05, 4.69) is 10.3 Å². The molecule has 0 spiro atoms. The molecule has 1 aliphatic rings. The quantitative estimate of drug-likeness (QED) is 0.684. The molecule has 0 saturated carbocycles. The van der Waals surface area contributed by atoms with Gasteiger partial charge >= 0.3 is 6.09 Å². The molecule has 3 heterocycles. The third-order valence-corrected chi connectivity index (χ3v) is 5.42. The van der Waals surface area contributed by atoms with E-state index in [0.29, 0.717) is 41.9 Å². The van der Waals surface area contributed by atoms with Crippen molar-refractivity contribution in [3.63, 3.8) is 0 Å². The summed E-state index contributed by atoms with van der Waals surface area (Å²) >= 11 is 0. The van der Waals surface area contributed by atoms with Gasteiger partial charge in [0.15, 0.2) is 0 Å². The lowest BCUT2D eigenvalue weighted by Gasteiger charge is -2.22. The van der Waals surface area contributed by atoms with Gasteiger partial charge in [0.05, 0.1) is 37.2 Å². The summed E-state index contributed by atoms with van der Waals surface area (Å²) in [5, 5.41) is 12.6.